The molecule has 31 heavy (non-hydrogen) atoms. The van der Waals surface area contributed by atoms with Gasteiger partial charge in [-0.15, -0.1) is 0 Å². The monoisotopic (exact) mass is 449 g/mol. The highest BCUT2D eigenvalue weighted by Crippen LogP contribution is 2.18. The number of amides is 1. The van der Waals surface area contributed by atoms with Crippen molar-refractivity contribution in [1.82, 2.24) is 14.7 Å². The van der Waals surface area contributed by atoms with E-state index in [0.717, 1.165) is 0 Å². The van der Waals surface area contributed by atoms with Crippen LogP contribution in [0.3, 0.4) is 0 Å². The molecule has 0 spiro atoms. The van der Waals surface area contributed by atoms with Gasteiger partial charge in [0.25, 0.3) is 11.5 Å². The normalized spacial score (nSPS) is 17.7. The minimum Gasteiger partial charge on any atom is -0.451 e. The Bertz CT molecular complexity index is 1160. The Morgan fingerprint density at radius 2 is 1.94 bits per heavy atom. The molecule has 10 heteroatoms. The van der Waals surface area contributed by atoms with Crippen LogP contribution in [0.25, 0.3) is 10.8 Å². The molecule has 0 aliphatic carbocycles. The number of carbonyl (C=O) groups excluding carboxylic acids is 2. The van der Waals surface area contributed by atoms with Gasteiger partial charge >= 0.3 is 5.97 Å². The third-order valence-corrected chi connectivity index (χ3v) is 6.99. The van der Waals surface area contributed by atoms with Gasteiger partial charge < -0.3 is 9.64 Å². The summed E-state index contributed by atoms with van der Waals surface area (Å²) in [5.74, 6) is -1.16. The van der Waals surface area contributed by atoms with Crippen molar-refractivity contribution in [3.8, 4) is 0 Å². The molecule has 168 valence electrons. The summed E-state index contributed by atoms with van der Waals surface area (Å²) in [5.41, 5.74) is -0.327. The van der Waals surface area contributed by atoms with Crippen molar-refractivity contribution in [3.05, 3.63) is 40.3 Å². The summed E-state index contributed by atoms with van der Waals surface area (Å²) >= 11 is 0. The van der Waals surface area contributed by atoms with Gasteiger partial charge in [0.15, 0.2) is 22.1 Å². The summed E-state index contributed by atoms with van der Waals surface area (Å²) < 4.78 is 29.9. The molecule has 1 atom stereocenters. The third kappa shape index (κ3) is 5.12. The maximum absolute atomic E-state index is 12.8. The highest BCUT2D eigenvalue weighted by Gasteiger charge is 2.34. The summed E-state index contributed by atoms with van der Waals surface area (Å²) in [6.07, 6.45) is 0.377. The van der Waals surface area contributed by atoms with E-state index in [1.165, 1.54) is 9.58 Å². The SMILES string of the molecule is CCN(C(=O)COC(=O)c1nn(CC(C)C)c(=O)c2ccccc12)C1CCS(=O)(=O)C1. The Balaban J connectivity index is 1.81. The van der Waals surface area contributed by atoms with Gasteiger partial charge in [-0.1, -0.05) is 32.0 Å². The number of esters is 1. The standard InChI is InChI=1S/C21H27N3O6S/c1-4-23(15-9-10-31(28,29)13-15)18(25)12-30-21(27)19-16-7-5-6-8-17(16)20(26)24(22-19)11-14(2)3/h5-8,14-15H,4,9-13H2,1-3H3. The van der Waals surface area contributed by atoms with Crippen LogP contribution in [0, 0.1) is 5.92 Å². The molecule has 1 aliphatic rings. The van der Waals surface area contributed by atoms with Crippen LogP contribution < -0.4 is 5.56 Å². The van der Waals surface area contributed by atoms with E-state index in [4.69, 9.17) is 4.74 Å². The van der Waals surface area contributed by atoms with E-state index in [0.29, 0.717) is 30.3 Å². The van der Waals surface area contributed by atoms with E-state index in [9.17, 15) is 22.8 Å². The van der Waals surface area contributed by atoms with Gasteiger partial charge in [0.05, 0.1) is 16.9 Å². The molecule has 1 fully saturated rings. The van der Waals surface area contributed by atoms with Gasteiger partial charge in [-0.25, -0.2) is 17.9 Å². The fourth-order valence-corrected chi connectivity index (χ4v) is 5.52. The molecule has 9 nitrogen and oxygen atoms in total. The lowest BCUT2D eigenvalue weighted by Gasteiger charge is -2.26. The van der Waals surface area contributed by atoms with Crippen molar-refractivity contribution < 1.29 is 22.7 Å². The van der Waals surface area contributed by atoms with E-state index < -0.39 is 34.4 Å². The van der Waals surface area contributed by atoms with E-state index in [2.05, 4.69) is 5.10 Å². The largest absolute Gasteiger partial charge is 0.451 e. The number of carbonyl (C=O) groups is 2. The fourth-order valence-electron chi connectivity index (χ4n) is 3.79. The zero-order valence-electron chi connectivity index (χ0n) is 17.9. The number of nitrogens with zero attached hydrogens (tertiary/aromatic N) is 3. The van der Waals surface area contributed by atoms with Crippen LogP contribution in [0.15, 0.2) is 29.1 Å². The molecule has 1 aromatic heterocycles. The molecule has 0 bridgehead atoms. The van der Waals surface area contributed by atoms with Crippen LogP contribution in [0.5, 0.6) is 0 Å². The van der Waals surface area contributed by atoms with Gasteiger partial charge in [0.1, 0.15) is 0 Å². The number of ether oxygens (including phenoxy) is 1. The maximum atomic E-state index is 12.8. The number of rotatable bonds is 7. The lowest BCUT2D eigenvalue weighted by Crippen LogP contribution is -2.43. The zero-order chi connectivity index (χ0) is 22.8. The number of hydrogen-bond acceptors (Lipinski definition) is 7. The molecule has 1 saturated heterocycles. The summed E-state index contributed by atoms with van der Waals surface area (Å²) in [4.78, 5) is 39.5. The third-order valence-electron chi connectivity index (χ3n) is 5.24. The first-order valence-electron chi connectivity index (χ1n) is 10.3. The number of fused-ring (bicyclic) bond motifs is 1. The van der Waals surface area contributed by atoms with Crippen molar-refractivity contribution in [3.63, 3.8) is 0 Å². The summed E-state index contributed by atoms with van der Waals surface area (Å²) in [7, 11) is -3.15. The van der Waals surface area contributed by atoms with Gasteiger partial charge in [-0.2, -0.15) is 5.10 Å². The smallest absolute Gasteiger partial charge is 0.359 e. The van der Waals surface area contributed by atoms with Crippen LogP contribution in [0.2, 0.25) is 0 Å². The molecule has 1 amide bonds. The summed E-state index contributed by atoms with van der Waals surface area (Å²) in [6.45, 7) is 5.74. The number of hydrogen-bond donors (Lipinski definition) is 0. The van der Waals surface area contributed by atoms with Crippen LogP contribution in [-0.4, -0.2) is 65.7 Å². The van der Waals surface area contributed by atoms with Gasteiger partial charge in [0, 0.05) is 24.5 Å². The number of likely N-dealkylation sites (N-methyl/N-ethyl adjacent to an activating group) is 1. The van der Waals surface area contributed by atoms with Crippen LogP contribution in [0.1, 0.15) is 37.7 Å². The Kier molecular flexibility index (Phi) is 6.78. The second-order valence-corrected chi connectivity index (χ2v) is 10.3. The maximum Gasteiger partial charge on any atom is 0.359 e. The summed E-state index contributed by atoms with van der Waals surface area (Å²) in [6, 6.07) is 6.23. The van der Waals surface area contributed by atoms with Crippen molar-refractivity contribution in [2.45, 2.75) is 39.8 Å². The molecular weight excluding hydrogens is 422 g/mol. The van der Waals surface area contributed by atoms with Crippen LogP contribution in [0.4, 0.5) is 0 Å². The topological polar surface area (TPSA) is 116 Å². The second-order valence-electron chi connectivity index (χ2n) is 8.09. The molecule has 1 aromatic carbocycles. The fraction of sp³-hybridized carbons (Fsp3) is 0.524. The highest BCUT2D eigenvalue weighted by molar-refractivity contribution is 7.91. The minimum absolute atomic E-state index is 0.0323. The van der Waals surface area contributed by atoms with Gasteiger partial charge in [-0.3, -0.25) is 9.59 Å². The lowest BCUT2D eigenvalue weighted by molar-refractivity contribution is -0.136. The van der Waals surface area contributed by atoms with Crippen molar-refractivity contribution in [2.24, 2.45) is 5.92 Å². The molecule has 0 saturated carbocycles. The average Bonchev–Trinajstić information content (AvgIpc) is 3.08. The molecule has 2 heterocycles. The number of sulfone groups is 1. The molecule has 0 radical (unpaired) electrons. The molecule has 0 N–H and O–H groups in total. The molecule has 1 unspecified atom stereocenters. The molecule has 3 rings (SSSR count). The predicted octanol–water partition coefficient (Wildman–Crippen LogP) is 1.24. The van der Waals surface area contributed by atoms with Gasteiger partial charge in [0.2, 0.25) is 0 Å². The predicted molar refractivity (Wildman–Crippen MR) is 116 cm³/mol. The second kappa shape index (κ2) is 9.17. The van der Waals surface area contributed by atoms with Crippen molar-refractivity contribution in [1.29, 1.82) is 0 Å². The Morgan fingerprint density at radius 3 is 2.52 bits per heavy atom. The van der Waals surface area contributed by atoms with Crippen LogP contribution >= 0.6 is 0 Å². The Hall–Kier alpha value is -2.75. The van der Waals surface area contributed by atoms with Crippen molar-refractivity contribution in [2.75, 3.05) is 24.7 Å². The minimum atomic E-state index is -3.15. The molecule has 1 aliphatic heterocycles. The van der Waals surface area contributed by atoms with E-state index in [-0.39, 0.29) is 28.7 Å². The first-order chi connectivity index (χ1) is 14.6. The molecular formula is C21H27N3O6S. The first-order valence-corrected chi connectivity index (χ1v) is 12.1. The van der Waals surface area contributed by atoms with Crippen LogP contribution in [-0.2, 0) is 25.9 Å². The van der Waals surface area contributed by atoms with E-state index >= 15 is 0 Å². The number of benzene rings is 1. The quantitative estimate of drug-likeness (QED) is 0.584. The first kappa shape index (κ1) is 22.9. The van der Waals surface area contributed by atoms with E-state index in [1.807, 2.05) is 13.8 Å². The average molecular weight is 450 g/mol. The zero-order valence-corrected chi connectivity index (χ0v) is 18.7. The van der Waals surface area contributed by atoms with Crippen molar-refractivity contribution >= 4 is 32.5 Å². The highest BCUT2D eigenvalue weighted by atomic mass is 32.2. The number of aromatic nitrogens is 2. The molecule has 2 aromatic rings. The van der Waals surface area contributed by atoms with Gasteiger partial charge in [-0.05, 0) is 25.3 Å². The Labute approximate surface area is 180 Å². The van der Waals surface area contributed by atoms with E-state index in [1.54, 1.807) is 31.2 Å². The Morgan fingerprint density at radius 1 is 1.26 bits per heavy atom. The summed E-state index contributed by atoms with van der Waals surface area (Å²) in [5, 5.41) is 4.92. The lowest BCUT2D eigenvalue weighted by atomic mass is 10.1.